The van der Waals surface area contributed by atoms with Gasteiger partial charge in [0, 0.05) is 32.8 Å². The lowest BCUT2D eigenvalue weighted by atomic mass is 10.1. The quantitative estimate of drug-likeness (QED) is 0.850. The van der Waals surface area contributed by atoms with Crippen molar-refractivity contribution in [3.05, 3.63) is 30.1 Å². The van der Waals surface area contributed by atoms with Gasteiger partial charge < -0.3 is 15.0 Å². The van der Waals surface area contributed by atoms with E-state index in [4.69, 9.17) is 4.74 Å². The minimum absolute atomic E-state index is 0.0293. The maximum absolute atomic E-state index is 13.8. The fourth-order valence-electron chi connectivity index (χ4n) is 3.30. The Morgan fingerprint density at radius 1 is 1.27 bits per heavy atom. The number of nitrogens with one attached hydrogen (secondary N) is 1. The molecule has 7 nitrogen and oxygen atoms in total. The first-order chi connectivity index (χ1) is 12.4. The lowest BCUT2D eigenvalue weighted by molar-refractivity contribution is 0.0821. The molecule has 2 unspecified atom stereocenters. The number of urea groups is 1. The molecule has 1 N–H and O–H groups in total. The first-order valence-electron chi connectivity index (χ1n) is 8.81. The van der Waals surface area contributed by atoms with Gasteiger partial charge in [0.15, 0.2) is 0 Å². The molecular formula is C17H24FN3O4S. The van der Waals surface area contributed by atoms with E-state index in [1.807, 2.05) is 6.92 Å². The number of hydrogen-bond acceptors (Lipinski definition) is 4. The van der Waals surface area contributed by atoms with E-state index in [9.17, 15) is 17.6 Å². The van der Waals surface area contributed by atoms with Gasteiger partial charge in [0.1, 0.15) is 10.7 Å². The molecule has 0 spiro atoms. The first-order valence-corrected chi connectivity index (χ1v) is 10.3. The van der Waals surface area contributed by atoms with Crippen molar-refractivity contribution in [1.29, 1.82) is 0 Å². The molecule has 2 saturated heterocycles. The highest BCUT2D eigenvalue weighted by atomic mass is 32.2. The number of benzene rings is 1. The Morgan fingerprint density at radius 2 is 1.96 bits per heavy atom. The van der Waals surface area contributed by atoms with Gasteiger partial charge in [0.2, 0.25) is 10.0 Å². The molecule has 26 heavy (non-hydrogen) atoms. The summed E-state index contributed by atoms with van der Waals surface area (Å²) in [6.07, 6.45) is 1.95. The van der Waals surface area contributed by atoms with Crippen LogP contribution in [0.25, 0.3) is 0 Å². The standard InChI is InChI=1S/C17H24FN3O4S/c1-13(15-6-4-12-25-15)19-17(22)20-8-10-21(11-9-20)26(23,24)16-7-3-2-5-14(16)18/h2-3,5,7,13,15H,4,6,8-12H2,1H3,(H,19,22). The van der Waals surface area contributed by atoms with Gasteiger partial charge in [-0.1, -0.05) is 12.1 Å². The van der Waals surface area contributed by atoms with E-state index in [2.05, 4.69) is 5.32 Å². The summed E-state index contributed by atoms with van der Waals surface area (Å²) >= 11 is 0. The second-order valence-electron chi connectivity index (χ2n) is 6.61. The lowest BCUT2D eigenvalue weighted by Gasteiger charge is -2.35. The van der Waals surface area contributed by atoms with E-state index < -0.39 is 15.8 Å². The van der Waals surface area contributed by atoms with E-state index in [0.717, 1.165) is 25.5 Å². The topological polar surface area (TPSA) is 79.0 Å². The summed E-state index contributed by atoms with van der Waals surface area (Å²) in [5.41, 5.74) is 0. The van der Waals surface area contributed by atoms with Gasteiger partial charge in [-0.05, 0) is 31.9 Å². The van der Waals surface area contributed by atoms with Gasteiger partial charge in [-0.25, -0.2) is 17.6 Å². The predicted octanol–water partition coefficient (Wildman–Crippen LogP) is 1.41. The van der Waals surface area contributed by atoms with Crippen molar-refractivity contribution in [3.63, 3.8) is 0 Å². The number of amides is 2. The monoisotopic (exact) mass is 385 g/mol. The van der Waals surface area contributed by atoms with Crippen LogP contribution in [0, 0.1) is 5.82 Å². The molecule has 2 aliphatic rings. The van der Waals surface area contributed by atoms with E-state index in [1.165, 1.54) is 22.5 Å². The maximum Gasteiger partial charge on any atom is 0.317 e. The van der Waals surface area contributed by atoms with Crippen molar-refractivity contribution in [2.24, 2.45) is 0 Å². The zero-order valence-electron chi connectivity index (χ0n) is 14.7. The first kappa shape index (κ1) is 19.1. The SMILES string of the molecule is CC(NC(=O)N1CCN(S(=O)(=O)c2ccccc2F)CC1)C1CCCO1. The Balaban J connectivity index is 1.57. The smallest absolute Gasteiger partial charge is 0.317 e. The number of nitrogens with zero attached hydrogens (tertiary/aromatic N) is 2. The van der Waals surface area contributed by atoms with Crippen LogP contribution in [0.3, 0.4) is 0 Å². The number of sulfonamides is 1. The third-order valence-electron chi connectivity index (χ3n) is 4.85. The third kappa shape index (κ3) is 3.99. The number of halogens is 1. The van der Waals surface area contributed by atoms with Crippen LogP contribution in [0.4, 0.5) is 9.18 Å². The van der Waals surface area contributed by atoms with E-state index in [1.54, 1.807) is 4.90 Å². The van der Waals surface area contributed by atoms with Crippen molar-refractivity contribution in [2.45, 2.75) is 36.8 Å². The normalized spacial score (nSPS) is 23.0. The number of carbonyl (C=O) groups is 1. The highest BCUT2D eigenvalue weighted by Gasteiger charge is 2.32. The Labute approximate surface area is 153 Å². The Bertz CT molecular complexity index is 744. The Hall–Kier alpha value is -1.71. The summed E-state index contributed by atoms with van der Waals surface area (Å²) in [6.45, 7) is 3.43. The molecule has 2 amide bonds. The fourth-order valence-corrected chi connectivity index (χ4v) is 4.79. The minimum Gasteiger partial charge on any atom is -0.376 e. The lowest BCUT2D eigenvalue weighted by Crippen LogP contribution is -2.55. The summed E-state index contributed by atoms with van der Waals surface area (Å²) in [4.78, 5) is 13.6. The molecule has 2 fully saturated rings. The van der Waals surface area contributed by atoms with Crippen LogP contribution in [0.1, 0.15) is 19.8 Å². The highest BCUT2D eigenvalue weighted by molar-refractivity contribution is 7.89. The summed E-state index contributed by atoms with van der Waals surface area (Å²) in [6, 6.07) is 5.01. The predicted molar refractivity (Wildman–Crippen MR) is 93.7 cm³/mol. The van der Waals surface area contributed by atoms with Gasteiger partial charge >= 0.3 is 6.03 Å². The van der Waals surface area contributed by atoms with Crippen molar-refractivity contribution in [2.75, 3.05) is 32.8 Å². The van der Waals surface area contributed by atoms with Crippen molar-refractivity contribution in [1.82, 2.24) is 14.5 Å². The molecule has 3 rings (SSSR count). The zero-order valence-corrected chi connectivity index (χ0v) is 15.5. The molecular weight excluding hydrogens is 361 g/mol. The van der Waals surface area contributed by atoms with Gasteiger partial charge in [-0.2, -0.15) is 4.31 Å². The van der Waals surface area contributed by atoms with Crippen LogP contribution in [-0.4, -0.2) is 68.6 Å². The molecule has 0 aliphatic carbocycles. The number of hydrogen-bond donors (Lipinski definition) is 1. The van der Waals surface area contributed by atoms with Crippen LogP contribution in [0.5, 0.6) is 0 Å². The van der Waals surface area contributed by atoms with E-state index in [-0.39, 0.29) is 49.3 Å². The molecule has 0 saturated carbocycles. The van der Waals surface area contributed by atoms with Crippen LogP contribution in [0.15, 0.2) is 29.2 Å². The molecule has 144 valence electrons. The van der Waals surface area contributed by atoms with E-state index >= 15 is 0 Å². The molecule has 0 bridgehead atoms. The second-order valence-corrected chi connectivity index (χ2v) is 8.52. The number of piperazine rings is 1. The van der Waals surface area contributed by atoms with Gasteiger partial charge in [-0.3, -0.25) is 0 Å². The number of rotatable bonds is 4. The maximum atomic E-state index is 13.8. The van der Waals surface area contributed by atoms with Crippen molar-refractivity contribution in [3.8, 4) is 0 Å². The molecule has 9 heteroatoms. The zero-order chi connectivity index (χ0) is 18.7. The van der Waals surface area contributed by atoms with Crippen LogP contribution >= 0.6 is 0 Å². The molecule has 2 aliphatic heterocycles. The largest absolute Gasteiger partial charge is 0.376 e. The molecule has 0 radical (unpaired) electrons. The average molecular weight is 385 g/mol. The summed E-state index contributed by atoms with van der Waals surface area (Å²) < 4.78 is 45.8. The summed E-state index contributed by atoms with van der Waals surface area (Å²) in [5.74, 6) is -0.766. The van der Waals surface area contributed by atoms with Crippen LogP contribution in [-0.2, 0) is 14.8 Å². The number of ether oxygens (including phenoxy) is 1. The Morgan fingerprint density at radius 3 is 2.58 bits per heavy atom. The minimum atomic E-state index is -3.90. The highest BCUT2D eigenvalue weighted by Crippen LogP contribution is 2.21. The van der Waals surface area contributed by atoms with Crippen LogP contribution < -0.4 is 5.32 Å². The van der Waals surface area contributed by atoms with Crippen molar-refractivity contribution >= 4 is 16.1 Å². The summed E-state index contributed by atoms with van der Waals surface area (Å²) in [5, 5.41) is 2.92. The molecule has 2 atom stereocenters. The van der Waals surface area contributed by atoms with Crippen LogP contribution in [0.2, 0.25) is 0 Å². The second kappa shape index (κ2) is 7.89. The van der Waals surface area contributed by atoms with Gasteiger partial charge in [-0.15, -0.1) is 0 Å². The third-order valence-corrected chi connectivity index (χ3v) is 6.79. The van der Waals surface area contributed by atoms with Gasteiger partial charge in [0.25, 0.3) is 0 Å². The molecule has 0 aromatic heterocycles. The van der Waals surface area contributed by atoms with E-state index in [0.29, 0.717) is 0 Å². The Kier molecular flexibility index (Phi) is 5.79. The van der Waals surface area contributed by atoms with Crippen molar-refractivity contribution < 1.29 is 22.3 Å². The average Bonchev–Trinajstić information content (AvgIpc) is 3.17. The molecule has 1 aromatic rings. The van der Waals surface area contributed by atoms with Gasteiger partial charge in [0.05, 0.1) is 12.1 Å². The fraction of sp³-hybridized carbons (Fsp3) is 0.588. The molecule has 2 heterocycles. The molecule has 1 aromatic carbocycles. The summed E-state index contributed by atoms with van der Waals surface area (Å²) in [7, 11) is -3.90. The number of carbonyl (C=O) groups excluding carboxylic acids is 1.